The third kappa shape index (κ3) is 9.69. The fourth-order valence-electron chi connectivity index (χ4n) is 3.15. The summed E-state index contributed by atoms with van der Waals surface area (Å²) in [5, 5.41) is 17.2. The monoisotopic (exact) mass is 499 g/mol. The molecule has 0 aliphatic rings. The Morgan fingerprint density at radius 1 is 1.12 bits per heavy atom. The molecule has 1 rings (SSSR count). The number of thiol groups is 1. The van der Waals surface area contributed by atoms with Gasteiger partial charge in [0.1, 0.15) is 18.1 Å². The number of carbonyl (C=O) groups is 4. The SMILES string of the molecule is CCC(C)C(NC(=O)C(CS)NC(=O)C(N)CCCCN)C(=O)NC(Cc1cnc[nH]1)C(=O)O. The normalized spacial score (nSPS) is 15.4. The molecule has 5 atom stereocenters. The van der Waals surface area contributed by atoms with Crippen LogP contribution in [-0.2, 0) is 25.6 Å². The van der Waals surface area contributed by atoms with Crippen LogP contribution in [0, 0.1) is 5.92 Å². The van der Waals surface area contributed by atoms with Crippen LogP contribution in [0.2, 0.25) is 0 Å². The topological polar surface area (TPSA) is 205 Å². The number of carboxylic acid groups (broad SMARTS) is 1. The summed E-state index contributed by atoms with van der Waals surface area (Å²) in [5.41, 5.74) is 11.9. The van der Waals surface area contributed by atoms with Crippen molar-refractivity contribution >= 4 is 36.3 Å². The maximum absolute atomic E-state index is 13.0. The van der Waals surface area contributed by atoms with Crippen molar-refractivity contribution in [1.29, 1.82) is 0 Å². The fraction of sp³-hybridized carbons (Fsp3) is 0.667. The lowest BCUT2D eigenvalue weighted by atomic mass is 9.97. The van der Waals surface area contributed by atoms with Crippen LogP contribution in [0.1, 0.15) is 45.2 Å². The second kappa shape index (κ2) is 15.3. The Hall–Kier alpha value is -2.64. The largest absolute Gasteiger partial charge is 0.480 e. The molecule has 13 heteroatoms. The molecule has 34 heavy (non-hydrogen) atoms. The van der Waals surface area contributed by atoms with E-state index in [2.05, 4.69) is 38.5 Å². The molecule has 0 spiro atoms. The average molecular weight is 500 g/mol. The van der Waals surface area contributed by atoms with E-state index in [1.54, 1.807) is 6.92 Å². The number of hydrogen-bond donors (Lipinski definition) is 8. The fourth-order valence-corrected chi connectivity index (χ4v) is 3.40. The van der Waals surface area contributed by atoms with Gasteiger partial charge in [0.05, 0.1) is 12.4 Å². The predicted octanol–water partition coefficient (Wildman–Crippen LogP) is -1.08. The summed E-state index contributed by atoms with van der Waals surface area (Å²) in [7, 11) is 0. The summed E-state index contributed by atoms with van der Waals surface area (Å²) in [6.45, 7) is 4.10. The van der Waals surface area contributed by atoms with Gasteiger partial charge in [0, 0.05) is 24.1 Å². The van der Waals surface area contributed by atoms with Crippen molar-refractivity contribution in [2.75, 3.05) is 12.3 Å². The zero-order chi connectivity index (χ0) is 25.7. The number of rotatable bonds is 16. The first-order valence-corrected chi connectivity index (χ1v) is 11.9. The molecule has 3 amide bonds. The third-order valence-corrected chi connectivity index (χ3v) is 5.87. The van der Waals surface area contributed by atoms with Crippen LogP contribution in [0.5, 0.6) is 0 Å². The number of imidazole rings is 1. The molecular weight excluding hydrogens is 462 g/mol. The first kappa shape index (κ1) is 29.4. The number of aromatic amines is 1. The minimum atomic E-state index is -1.22. The molecule has 1 aromatic rings. The highest BCUT2D eigenvalue weighted by atomic mass is 32.1. The van der Waals surface area contributed by atoms with E-state index < -0.39 is 47.9 Å². The predicted molar refractivity (Wildman–Crippen MR) is 130 cm³/mol. The molecule has 0 saturated carbocycles. The Kier molecular flexibility index (Phi) is 13.2. The molecule has 0 aliphatic carbocycles. The van der Waals surface area contributed by atoms with Gasteiger partial charge in [0.25, 0.3) is 0 Å². The Bertz CT molecular complexity index is 792. The van der Waals surface area contributed by atoms with Crippen molar-refractivity contribution in [3.8, 4) is 0 Å². The zero-order valence-corrected chi connectivity index (χ0v) is 20.5. The number of carboxylic acids is 1. The van der Waals surface area contributed by atoms with Crippen molar-refractivity contribution in [2.45, 2.75) is 70.1 Å². The first-order valence-electron chi connectivity index (χ1n) is 11.3. The lowest BCUT2D eigenvalue weighted by molar-refractivity contribution is -0.142. The van der Waals surface area contributed by atoms with Gasteiger partial charge in [-0.2, -0.15) is 12.6 Å². The number of nitrogens with zero attached hydrogens (tertiary/aromatic N) is 1. The van der Waals surface area contributed by atoms with E-state index in [0.717, 1.165) is 6.42 Å². The Morgan fingerprint density at radius 3 is 2.32 bits per heavy atom. The van der Waals surface area contributed by atoms with Crippen molar-refractivity contribution in [1.82, 2.24) is 25.9 Å². The van der Waals surface area contributed by atoms with Crippen molar-refractivity contribution < 1.29 is 24.3 Å². The van der Waals surface area contributed by atoms with E-state index >= 15 is 0 Å². The summed E-state index contributed by atoms with van der Waals surface area (Å²) < 4.78 is 0. The minimum absolute atomic E-state index is 0.000384. The van der Waals surface area contributed by atoms with E-state index in [9.17, 15) is 24.3 Å². The number of aliphatic carboxylic acids is 1. The van der Waals surface area contributed by atoms with E-state index in [4.69, 9.17) is 11.5 Å². The van der Waals surface area contributed by atoms with Crippen LogP contribution in [0.4, 0.5) is 0 Å². The highest BCUT2D eigenvalue weighted by Crippen LogP contribution is 2.10. The van der Waals surface area contributed by atoms with Gasteiger partial charge in [0.2, 0.25) is 17.7 Å². The summed E-state index contributed by atoms with van der Waals surface area (Å²) in [4.78, 5) is 56.5. The number of carbonyl (C=O) groups excluding carboxylic acids is 3. The number of aromatic nitrogens is 2. The third-order valence-electron chi connectivity index (χ3n) is 5.51. The van der Waals surface area contributed by atoms with Gasteiger partial charge >= 0.3 is 5.97 Å². The summed E-state index contributed by atoms with van der Waals surface area (Å²) in [6, 6.07) is -4.05. The summed E-state index contributed by atoms with van der Waals surface area (Å²) in [6.07, 6.45) is 5.27. The molecule has 192 valence electrons. The van der Waals surface area contributed by atoms with E-state index in [1.165, 1.54) is 12.5 Å². The Morgan fingerprint density at radius 2 is 1.79 bits per heavy atom. The van der Waals surface area contributed by atoms with E-state index in [1.807, 2.05) is 6.92 Å². The van der Waals surface area contributed by atoms with Crippen molar-refractivity contribution in [3.05, 3.63) is 18.2 Å². The van der Waals surface area contributed by atoms with Crippen LogP contribution in [0.15, 0.2) is 12.5 Å². The van der Waals surface area contributed by atoms with E-state index in [0.29, 0.717) is 31.5 Å². The standard InChI is InChI=1S/C21H37N7O5S/c1-3-12(2)17(20(31)26-15(21(32)33)8-13-9-24-11-25-13)28-19(30)16(10-34)27-18(29)14(23)6-4-5-7-22/h9,11-12,14-17,34H,3-8,10,22-23H2,1-2H3,(H,24,25)(H,26,31)(H,27,29)(H,28,30)(H,32,33). The molecular formula is C21H37N7O5S. The van der Waals surface area contributed by atoms with Crippen LogP contribution in [0.3, 0.4) is 0 Å². The number of H-pyrrole nitrogens is 1. The summed E-state index contributed by atoms with van der Waals surface area (Å²) >= 11 is 4.14. The number of hydrogen-bond acceptors (Lipinski definition) is 8. The molecule has 0 fully saturated rings. The quantitative estimate of drug-likeness (QED) is 0.103. The first-order chi connectivity index (χ1) is 16.1. The van der Waals surface area contributed by atoms with Gasteiger partial charge in [-0.05, 0) is 25.3 Å². The maximum Gasteiger partial charge on any atom is 0.326 e. The van der Waals surface area contributed by atoms with Gasteiger partial charge in [-0.15, -0.1) is 0 Å². The van der Waals surface area contributed by atoms with Crippen LogP contribution in [-0.4, -0.2) is 75.2 Å². The number of unbranched alkanes of at least 4 members (excludes halogenated alkanes) is 1. The van der Waals surface area contributed by atoms with Crippen molar-refractivity contribution in [3.63, 3.8) is 0 Å². The molecule has 0 saturated heterocycles. The molecule has 0 aromatic carbocycles. The number of nitrogens with two attached hydrogens (primary N) is 2. The molecule has 1 aromatic heterocycles. The minimum Gasteiger partial charge on any atom is -0.480 e. The van der Waals surface area contributed by atoms with E-state index in [-0.39, 0.29) is 18.1 Å². The lowest BCUT2D eigenvalue weighted by Crippen LogP contribution is -2.59. The average Bonchev–Trinajstić information content (AvgIpc) is 3.32. The van der Waals surface area contributed by atoms with Gasteiger partial charge in [-0.25, -0.2) is 9.78 Å². The van der Waals surface area contributed by atoms with Gasteiger partial charge < -0.3 is 37.5 Å². The molecule has 0 aliphatic heterocycles. The van der Waals surface area contributed by atoms with Crippen molar-refractivity contribution in [2.24, 2.45) is 17.4 Å². The Labute approximate surface area is 204 Å². The molecule has 0 radical (unpaired) electrons. The molecule has 9 N–H and O–H groups in total. The molecule has 12 nitrogen and oxygen atoms in total. The maximum atomic E-state index is 13.0. The second-order valence-electron chi connectivity index (χ2n) is 8.19. The zero-order valence-electron chi connectivity index (χ0n) is 19.6. The van der Waals surface area contributed by atoms with Gasteiger partial charge in [0.15, 0.2) is 0 Å². The Balaban J connectivity index is 2.84. The van der Waals surface area contributed by atoms with Crippen LogP contribution >= 0.6 is 12.6 Å². The second-order valence-corrected chi connectivity index (χ2v) is 8.55. The molecule has 0 bridgehead atoms. The van der Waals surface area contributed by atoms with Crippen LogP contribution < -0.4 is 27.4 Å². The highest BCUT2D eigenvalue weighted by Gasteiger charge is 2.32. The number of nitrogens with one attached hydrogen (secondary N) is 4. The van der Waals surface area contributed by atoms with Gasteiger partial charge in [-0.3, -0.25) is 14.4 Å². The molecule has 1 heterocycles. The lowest BCUT2D eigenvalue weighted by Gasteiger charge is -2.27. The molecule has 5 unspecified atom stereocenters. The van der Waals surface area contributed by atoms with Crippen LogP contribution in [0.25, 0.3) is 0 Å². The smallest absolute Gasteiger partial charge is 0.326 e. The number of amides is 3. The summed E-state index contributed by atoms with van der Waals surface area (Å²) in [5.74, 6) is -3.29. The van der Waals surface area contributed by atoms with Gasteiger partial charge in [-0.1, -0.05) is 26.7 Å². The highest BCUT2D eigenvalue weighted by molar-refractivity contribution is 7.80.